The van der Waals surface area contributed by atoms with E-state index in [1.807, 2.05) is 27.7 Å². The van der Waals surface area contributed by atoms with Crippen molar-refractivity contribution in [2.24, 2.45) is 0 Å². The standard InChI is InChI=1S/C9H20O4/c1-8(2,10-5)12-7-13-9(3,4)11-6/h7H2,1-6H3. The average molecular weight is 192 g/mol. The zero-order valence-corrected chi connectivity index (χ0v) is 9.34. The summed E-state index contributed by atoms with van der Waals surface area (Å²) in [4.78, 5) is 0. The minimum absolute atomic E-state index is 0.141. The Morgan fingerprint density at radius 1 is 0.769 bits per heavy atom. The average Bonchev–Trinajstić information content (AvgIpc) is 2.04. The quantitative estimate of drug-likeness (QED) is 0.601. The van der Waals surface area contributed by atoms with Gasteiger partial charge in [-0.3, -0.25) is 0 Å². The Labute approximate surface area is 80.1 Å². The van der Waals surface area contributed by atoms with Gasteiger partial charge in [-0.25, -0.2) is 0 Å². The summed E-state index contributed by atoms with van der Waals surface area (Å²) >= 11 is 0. The second-order valence-corrected chi connectivity index (χ2v) is 3.61. The molecule has 0 saturated carbocycles. The van der Waals surface area contributed by atoms with Crippen LogP contribution >= 0.6 is 0 Å². The molecule has 0 aromatic carbocycles. The molecule has 0 N–H and O–H groups in total. The number of ether oxygens (including phenoxy) is 4. The summed E-state index contributed by atoms with van der Waals surface area (Å²) in [7, 11) is 3.17. The zero-order chi connectivity index (χ0) is 10.5. The van der Waals surface area contributed by atoms with Gasteiger partial charge >= 0.3 is 0 Å². The first-order valence-corrected chi connectivity index (χ1v) is 4.21. The van der Waals surface area contributed by atoms with E-state index in [2.05, 4.69) is 0 Å². The van der Waals surface area contributed by atoms with Crippen LogP contribution in [-0.2, 0) is 18.9 Å². The first kappa shape index (κ1) is 12.8. The van der Waals surface area contributed by atoms with Crippen molar-refractivity contribution < 1.29 is 18.9 Å². The van der Waals surface area contributed by atoms with E-state index >= 15 is 0 Å². The van der Waals surface area contributed by atoms with Crippen molar-refractivity contribution in [1.29, 1.82) is 0 Å². The van der Waals surface area contributed by atoms with E-state index in [0.29, 0.717) is 0 Å². The minimum Gasteiger partial charge on any atom is -0.354 e. The maximum absolute atomic E-state index is 5.29. The lowest BCUT2D eigenvalue weighted by molar-refractivity contribution is -0.298. The predicted octanol–water partition coefficient (Wildman–Crippen LogP) is 1.74. The van der Waals surface area contributed by atoms with Crippen molar-refractivity contribution in [3.63, 3.8) is 0 Å². The third kappa shape index (κ3) is 5.99. The lowest BCUT2D eigenvalue weighted by Crippen LogP contribution is -2.33. The van der Waals surface area contributed by atoms with Crippen LogP contribution in [0, 0.1) is 0 Å². The summed E-state index contributed by atoms with van der Waals surface area (Å²) in [6.07, 6.45) is 0. The molecule has 0 rings (SSSR count). The third-order valence-corrected chi connectivity index (χ3v) is 1.80. The SMILES string of the molecule is COC(C)(C)OCOC(C)(C)OC. The lowest BCUT2D eigenvalue weighted by atomic mass is 10.4. The van der Waals surface area contributed by atoms with Crippen molar-refractivity contribution in [2.45, 2.75) is 39.3 Å². The molecule has 0 atom stereocenters. The molecule has 0 aliphatic carbocycles. The van der Waals surface area contributed by atoms with Gasteiger partial charge in [0, 0.05) is 14.2 Å². The Morgan fingerprint density at radius 2 is 1.08 bits per heavy atom. The van der Waals surface area contributed by atoms with Crippen molar-refractivity contribution in [3.8, 4) is 0 Å². The Balaban J connectivity index is 3.68. The number of hydrogen-bond donors (Lipinski definition) is 0. The molecule has 0 fully saturated rings. The van der Waals surface area contributed by atoms with Crippen LogP contribution in [0.25, 0.3) is 0 Å². The normalized spacial score (nSPS) is 13.4. The highest BCUT2D eigenvalue weighted by molar-refractivity contribution is 4.52. The fourth-order valence-corrected chi connectivity index (χ4v) is 0.431. The molecule has 0 bridgehead atoms. The third-order valence-electron chi connectivity index (χ3n) is 1.80. The Kier molecular flexibility index (Phi) is 4.85. The fourth-order valence-electron chi connectivity index (χ4n) is 0.431. The summed E-state index contributed by atoms with van der Waals surface area (Å²) in [5.74, 6) is -1.24. The fraction of sp³-hybridized carbons (Fsp3) is 1.00. The number of rotatable bonds is 6. The molecule has 0 unspecified atom stereocenters. The van der Waals surface area contributed by atoms with Crippen molar-refractivity contribution in [2.75, 3.05) is 21.0 Å². The van der Waals surface area contributed by atoms with Crippen molar-refractivity contribution in [1.82, 2.24) is 0 Å². The molecule has 0 radical (unpaired) electrons. The second kappa shape index (κ2) is 4.91. The maximum atomic E-state index is 5.29. The van der Waals surface area contributed by atoms with Crippen LogP contribution < -0.4 is 0 Å². The van der Waals surface area contributed by atoms with Crippen LogP contribution in [-0.4, -0.2) is 32.6 Å². The molecule has 0 heterocycles. The first-order chi connectivity index (χ1) is 5.83. The van der Waals surface area contributed by atoms with Crippen LogP contribution in [0.3, 0.4) is 0 Å². The van der Waals surface area contributed by atoms with E-state index in [1.54, 1.807) is 14.2 Å². The highest BCUT2D eigenvalue weighted by Crippen LogP contribution is 2.13. The van der Waals surface area contributed by atoms with E-state index in [0.717, 1.165) is 0 Å². The van der Waals surface area contributed by atoms with Gasteiger partial charge in [-0.1, -0.05) is 0 Å². The summed E-state index contributed by atoms with van der Waals surface area (Å²) < 4.78 is 20.7. The summed E-state index contributed by atoms with van der Waals surface area (Å²) in [6, 6.07) is 0. The predicted molar refractivity (Wildman–Crippen MR) is 49.2 cm³/mol. The van der Waals surface area contributed by atoms with Crippen LogP contribution in [0.1, 0.15) is 27.7 Å². The van der Waals surface area contributed by atoms with E-state index in [9.17, 15) is 0 Å². The Hall–Kier alpha value is -0.160. The summed E-state index contributed by atoms with van der Waals surface area (Å²) in [6.45, 7) is 7.40. The van der Waals surface area contributed by atoms with Gasteiger partial charge in [0.05, 0.1) is 0 Å². The molecule has 4 heteroatoms. The van der Waals surface area contributed by atoms with Crippen molar-refractivity contribution >= 4 is 0 Å². The van der Waals surface area contributed by atoms with E-state index in [-0.39, 0.29) is 6.79 Å². The second-order valence-electron chi connectivity index (χ2n) is 3.61. The largest absolute Gasteiger partial charge is 0.354 e. The van der Waals surface area contributed by atoms with Gasteiger partial charge in [0.15, 0.2) is 18.4 Å². The number of methoxy groups -OCH3 is 2. The smallest absolute Gasteiger partial charge is 0.165 e. The van der Waals surface area contributed by atoms with Gasteiger partial charge in [0.2, 0.25) is 0 Å². The molecule has 13 heavy (non-hydrogen) atoms. The van der Waals surface area contributed by atoms with Gasteiger partial charge in [0.1, 0.15) is 0 Å². The zero-order valence-electron chi connectivity index (χ0n) is 9.34. The molecule has 80 valence electrons. The molecule has 4 nitrogen and oxygen atoms in total. The van der Waals surface area contributed by atoms with Gasteiger partial charge in [-0.05, 0) is 27.7 Å². The Bertz CT molecular complexity index is 127. The molecular formula is C9H20O4. The van der Waals surface area contributed by atoms with Crippen LogP contribution in [0.5, 0.6) is 0 Å². The van der Waals surface area contributed by atoms with Crippen molar-refractivity contribution in [3.05, 3.63) is 0 Å². The molecule has 0 spiro atoms. The van der Waals surface area contributed by atoms with Crippen LogP contribution in [0.15, 0.2) is 0 Å². The highest BCUT2D eigenvalue weighted by atomic mass is 16.8. The maximum Gasteiger partial charge on any atom is 0.165 e. The molecule has 0 aliphatic heterocycles. The molecule has 0 saturated heterocycles. The molecule has 0 amide bonds. The van der Waals surface area contributed by atoms with Gasteiger partial charge in [0.25, 0.3) is 0 Å². The number of hydrogen-bond acceptors (Lipinski definition) is 4. The summed E-state index contributed by atoms with van der Waals surface area (Å²) in [5, 5.41) is 0. The summed E-state index contributed by atoms with van der Waals surface area (Å²) in [5.41, 5.74) is 0. The monoisotopic (exact) mass is 192 g/mol. The first-order valence-electron chi connectivity index (χ1n) is 4.21. The Morgan fingerprint density at radius 3 is 1.31 bits per heavy atom. The minimum atomic E-state index is -0.621. The highest BCUT2D eigenvalue weighted by Gasteiger charge is 2.21. The molecule has 0 aromatic heterocycles. The lowest BCUT2D eigenvalue weighted by Gasteiger charge is -2.27. The topological polar surface area (TPSA) is 36.9 Å². The van der Waals surface area contributed by atoms with Gasteiger partial charge < -0.3 is 18.9 Å². The van der Waals surface area contributed by atoms with Gasteiger partial charge in [-0.15, -0.1) is 0 Å². The van der Waals surface area contributed by atoms with E-state index in [1.165, 1.54) is 0 Å². The van der Waals surface area contributed by atoms with E-state index < -0.39 is 11.6 Å². The molecule has 0 aromatic rings. The van der Waals surface area contributed by atoms with Gasteiger partial charge in [-0.2, -0.15) is 0 Å². The molecule has 0 aliphatic rings. The molecular weight excluding hydrogens is 172 g/mol. The van der Waals surface area contributed by atoms with Crippen LogP contribution in [0.2, 0.25) is 0 Å². The van der Waals surface area contributed by atoms with Crippen LogP contribution in [0.4, 0.5) is 0 Å². The van der Waals surface area contributed by atoms with E-state index in [4.69, 9.17) is 18.9 Å².